The molecule has 0 radical (unpaired) electrons. The first kappa shape index (κ1) is 36.4. The monoisotopic (exact) mass is 713 g/mol. The van der Waals surface area contributed by atoms with E-state index in [9.17, 15) is 65.4 Å². The van der Waals surface area contributed by atoms with E-state index in [-0.39, 0.29) is 28.4 Å². The lowest BCUT2D eigenvalue weighted by Gasteiger charge is -2.45. The van der Waals surface area contributed by atoms with Gasteiger partial charge >= 0.3 is 17.9 Å². The molecule has 5 rings (SSSR count). The Morgan fingerprint density at radius 2 is 1.50 bits per heavy atom. The number of rotatable bonds is 10. The Kier molecular flexibility index (Phi) is 10.5. The van der Waals surface area contributed by atoms with Crippen LogP contribution in [0, 0.1) is 0 Å². The van der Waals surface area contributed by atoms with Crippen LogP contribution in [-0.2, 0) is 38.1 Å². The van der Waals surface area contributed by atoms with Gasteiger partial charge in [0.15, 0.2) is 35.8 Å². The van der Waals surface area contributed by atoms with E-state index in [1.807, 2.05) is 0 Å². The Morgan fingerprint density at radius 3 is 2.16 bits per heavy atom. The van der Waals surface area contributed by atoms with Gasteiger partial charge in [0.1, 0.15) is 66.7 Å². The lowest BCUT2D eigenvalue weighted by molar-refractivity contribution is -0.361. The number of benzene rings is 2. The summed E-state index contributed by atoms with van der Waals surface area (Å²) in [6, 6.07) is 5.75. The van der Waals surface area contributed by atoms with Crippen molar-refractivity contribution in [3.05, 3.63) is 47.2 Å². The van der Waals surface area contributed by atoms with Crippen LogP contribution in [0.5, 0.6) is 28.7 Å². The number of aliphatic hydroxyl groups is 6. The first-order chi connectivity index (χ1) is 23.5. The fourth-order valence-electron chi connectivity index (χ4n) is 5.42. The third-order valence-corrected chi connectivity index (χ3v) is 7.97. The summed E-state index contributed by atoms with van der Waals surface area (Å²) in [7, 11) is 0. The molecule has 20 nitrogen and oxygen atoms in total. The molecule has 0 amide bonds. The molecule has 12 N–H and O–H groups in total. The van der Waals surface area contributed by atoms with Gasteiger partial charge in [0.2, 0.25) is 6.29 Å². The summed E-state index contributed by atoms with van der Waals surface area (Å²) < 4.78 is 32.0. The maximum Gasteiger partial charge on any atom is 0.335 e. The number of carbonyl (C=O) groups excluding carboxylic acids is 1. The highest BCUT2D eigenvalue weighted by molar-refractivity contribution is 5.90. The second kappa shape index (κ2) is 14.5. The van der Waals surface area contributed by atoms with Crippen molar-refractivity contribution < 1.29 is 99.0 Å². The van der Waals surface area contributed by atoms with E-state index in [0.717, 1.165) is 18.2 Å². The molecule has 1 unspecified atom stereocenters. The molecule has 3 aliphatic rings. The topological polar surface area (TPSA) is 333 Å². The quantitative estimate of drug-likeness (QED) is 0.0529. The lowest BCUT2D eigenvalue weighted by atomic mass is 9.97. The van der Waals surface area contributed by atoms with Gasteiger partial charge < -0.3 is 84.6 Å². The highest BCUT2D eigenvalue weighted by Crippen LogP contribution is 2.46. The third-order valence-electron chi connectivity index (χ3n) is 7.97. The third kappa shape index (κ3) is 7.46. The van der Waals surface area contributed by atoms with Crippen LogP contribution in [0.1, 0.15) is 23.7 Å². The zero-order chi connectivity index (χ0) is 36.6. The molecule has 3 heterocycles. The Labute approximate surface area is 279 Å². The number of carboxylic acid groups (broad SMARTS) is 2. The molecule has 20 heteroatoms. The van der Waals surface area contributed by atoms with Crippen molar-refractivity contribution in [2.45, 2.75) is 73.9 Å². The molecule has 0 aromatic heterocycles. The van der Waals surface area contributed by atoms with Gasteiger partial charge in [0, 0.05) is 12.1 Å². The average Bonchev–Trinajstić information content (AvgIpc) is 3.04. The largest absolute Gasteiger partial charge is 0.571 e. The highest BCUT2D eigenvalue weighted by atomic mass is 16.8. The van der Waals surface area contributed by atoms with Gasteiger partial charge in [-0.1, -0.05) is 0 Å². The second-order valence-corrected chi connectivity index (χ2v) is 11.5. The van der Waals surface area contributed by atoms with Crippen molar-refractivity contribution in [1.29, 1.82) is 0 Å². The number of aromatic hydroxyl groups is 5. The summed E-state index contributed by atoms with van der Waals surface area (Å²) in [5.41, 5.74) is 0.151. The molecular weight excluding hydrogens is 680 g/mol. The van der Waals surface area contributed by atoms with E-state index in [1.54, 1.807) is 0 Å². The number of phenols is 4. The van der Waals surface area contributed by atoms with Crippen LogP contribution in [-0.4, -0.2) is 147 Å². The van der Waals surface area contributed by atoms with Gasteiger partial charge in [-0.15, -0.1) is 0 Å². The summed E-state index contributed by atoms with van der Waals surface area (Å²) >= 11 is 0. The van der Waals surface area contributed by atoms with Gasteiger partial charge in [0.25, 0.3) is 11.9 Å². The molecule has 0 bridgehead atoms. The predicted octanol–water partition coefficient (Wildman–Crippen LogP) is -2.40. The number of aliphatic hydroxyl groups excluding tert-OH is 5. The van der Waals surface area contributed by atoms with Crippen LogP contribution in [0.25, 0.3) is 6.08 Å². The highest BCUT2D eigenvalue weighted by Gasteiger charge is 2.53. The molecule has 50 heavy (non-hydrogen) atoms. The number of fused-ring (bicyclic) bond motifs is 1. The van der Waals surface area contributed by atoms with Crippen LogP contribution in [0.2, 0.25) is 0 Å². The maximum absolute atomic E-state index is 11.9. The summed E-state index contributed by atoms with van der Waals surface area (Å²) in [5, 5.41) is 112. The number of carbonyl (C=O) groups is 3. The number of hydrogen-bond donors (Lipinski definition) is 11. The molecule has 2 saturated heterocycles. The minimum Gasteiger partial charge on any atom is -0.571 e. The Balaban J connectivity index is 1.53. The SMILES string of the molecule is O=C(O)CC(=O)OC[C@H]1O[C@@H](OC2=Cc3c(O)cc(O)cc3[OH+]C2c2ccc(O)c(O)c2)[C@H](O[C@@H]2O[C@H](C(=O)O)[C@@H](O)[C@H](O)[C@H]2O)[C@@H](O)[C@@H]1O. The fourth-order valence-corrected chi connectivity index (χ4v) is 5.42. The zero-order valence-corrected chi connectivity index (χ0v) is 25.4. The van der Waals surface area contributed by atoms with E-state index >= 15 is 0 Å². The molecule has 0 spiro atoms. The Bertz CT molecular complexity index is 1640. The van der Waals surface area contributed by atoms with Crippen molar-refractivity contribution in [3.63, 3.8) is 0 Å². The van der Waals surface area contributed by atoms with Crippen molar-refractivity contribution >= 4 is 24.0 Å². The first-order valence-electron chi connectivity index (χ1n) is 14.7. The van der Waals surface area contributed by atoms with Gasteiger partial charge in [-0.2, -0.15) is 0 Å². The summed E-state index contributed by atoms with van der Waals surface area (Å²) in [6.07, 6.45) is -21.4. The van der Waals surface area contributed by atoms with E-state index in [2.05, 4.69) is 4.74 Å². The molecule has 11 atom stereocenters. The van der Waals surface area contributed by atoms with Crippen molar-refractivity contribution in [2.75, 3.05) is 6.61 Å². The van der Waals surface area contributed by atoms with Crippen LogP contribution < -0.4 is 0 Å². The van der Waals surface area contributed by atoms with E-state index in [4.69, 9.17) is 28.8 Å². The van der Waals surface area contributed by atoms with Crippen molar-refractivity contribution in [2.24, 2.45) is 0 Å². The molecule has 2 aromatic carbocycles. The molecule has 2 aromatic rings. The number of aliphatic carboxylic acids is 2. The number of esters is 1. The van der Waals surface area contributed by atoms with Gasteiger partial charge in [-0.3, -0.25) is 9.59 Å². The first-order valence-corrected chi connectivity index (χ1v) is 14.7. The molecule has 272 valence electrons. The van der Waals surface area contributed by atoms with Crippen molar-refractivity contribution in [1.82, 2.24) is 0 Å². The normalized spacial score (nSPS) is 32.2. The average molecular weight is 714 g/mol. The van der Waals surface area contributed by atoms with Crippen LogP contribution in [0.4, 0.5) is 0 Å². The predicted molar refractivity (Wildman–Crippen MR) is 156 cm³/mol. The standard InChI is InChI=1S/C30H32O20/c31-10-4-13(33)11-6-16(25(46-15(11)5-10)9-1-2-12(32)14(34)3-9)47-30-27(50-29-24(42)21(39)23(41)26(49-29)28(43)44)22(40)20(38)17(48-30)8-45-19(37)7-18(35)36/h1-6,17,20-27,29-34,38-42H,7-8H2,(H,35,36)(H,43,44)/p+1/t17-,20-,21+,22+,23+,24-,25?,26+,27-,29+,30-/m1/s1. The minimum atomic E-state index is -2.13. The fraction of sp³-hybridized carbons (Fsp3) is 0.433. The Morgan fingerprint density at radius 1 is 0.780 bits per heavy atom. The lowest BCUT2D eigenvalue weighted by Crippen LogP contribution is -2.65. The van der Waals surface area contributed by atoms with Crippen LogP contribution >= 0.6 is 0 Å². The van der Waals surface area contributed by atoms with Gasteiger partial charge in [-0.25, -0.2) is 4.79 Å². The maximum atomic E-state index is 11.9. The summed E-state index contributed by atoms with van der Waals surface area (Å²) in [5.74, 6) is -6.63. The summed E-state index contributed by atoms with van der Waals surface area (Å²) in [4.78, 5) is 34.5. The molecule has 0 saturated carbocycles. The van der Waals surface area contributed by atoms with Gasteiger partial charge in [-0.05, 0) is 18.2 Å². The van der Waals surface area contributed by atoms with Crippen LogP contribution in [0.3, 0.4) is 0 Å². The number of phenolic OH excluding ortho intramolecular Hbond substituents is 4. The molecule has 2 fully saturated rings. The van der Waals surface area contributed by atoms with E-state index in [0.29, 0.717) is 0 Å². The smallest absolute Gasteiger partial charge is 0.335 e. The van der Waals surface area contributed by atoms with E-state index in [1.165, 1.54) is 18.2 Å². The number of ether oxygens (including phenoxy) is 6. The molecule has 0 aliphatic carbocycles. The second-order valence-electron chi connectivity index (χ2n) is 11.5. The van der Waals surface area contributed by atoms with Gasteiger partial charge in [0.05, 0.1) is 11.6 Å². The molecule has 3 aliphatic heterocycles. The zero-order valence-electron chi connectivity index (χ0n) is 25.4. The van der Waals surface area contributed by atoms with Crippen LogP contribution in [0.15, 0.2) is 36.1 Å². The Hall–Kier alpha value is -4.93. The number of carboxylic acids is 2. The molecular formula is C30H33O20+. The van der Waals surface area contributed by atoms with Crippen molar-refractivity contribution in [3.8, 4) is 28.7 Å². The number of hydrogen-bond acceptors (Lipinski definition) is 17. The van der Waals surface area contributed by atoms with E-state index < -0.39 is 116 Å². The summed E-state index contributed by atoms with van der Waals surface area (Å²) in [6.45, 7) is -0.840. The minimum absolute atomic E-state index is 0.00231.